The van der Waals surface area contributed by atoms with Crippen LogP contribution in [0.2, 0.25) is 0 Å². The largest absolute Gasteiger partial charge is 0.387 e. The first-order valence-electron chi connectivity index (χ1n) is 9.55. The molecule has 1 heterocycles. The quantitative estimate of drug-likeness (QED) is 0.527. The van der Waals surface area contributed by atoms with Gasteiger partial charge in [-0.2, -0.15) is 5.10 Å². The van der Waals surface area contributed by atoms with Gasteiger partial charge in [0.15, 0.2) is 0 Å². The van der Waals surface area contributed by atoms with Gasteiger partial charge in [-0.1, -0.05) is 30.3 Å². The van der Waals surface area contributed by atoms with Crippen molar-refractivity contribution in [2.45, 2.75) is 19.6 Å². The fourth-order valence-electron chi connectivity index (χ4n) is 3.30. The predicted molar refractivity (Wildman–Crippen MR) is 125 cm³/mol. The van der Waals surface area contributed by atoms with Crippen molar-refractivity contribution < 1.29 is 13.5 Å². The van der Waals surface area contributed by atoms with Crippen LogP contribution in [0.4, 0.5) is 5.69 Å². The molecular formula is C21H27ClN4O4S. The van der Waals surface area contributed by atoms with Crippen molar-refractivity contribution in [2.24, 2.45) is 0 Å². The molecule has 0 aliphatic heterocycles. The fraction of sp³-hybridized carbons (Fsp3) is 0.333. The molecule has 0 spiro atoms. The number of likely N-dealkylation sites (N-methyl/N-ethyl adjacent to an activating group) is 1. The van der Waals surface area contributed by atoms with Crippen molar-refractivity contribution in [3.05, 3.63) is 70.1 Å². The number of benzene rings is 2. The first-order valence-corrected chi connectivity index (χ1v) is 11.4. The van der Waals surface area contributed by atoms with Crippen molar-refractivity contribution in [2.75, 3.05) is 31.1 Å². The normalized spacial score (nSPS) is 12.5. The number of nitrogens with zero attached hydrogens (tertiary/aromatic N) is 3. The molecule has 3 aromatic rings. The van der Waals surface area contributed by atoms with Crippen LogP contribution < -0.4 is 10.3 Å². The van der Waals surface area contributed by atoms with Crippen LogP contribution in [0.15, 0.2) is 53.3 Å². The van der Waals surface area contributed by atoms with E-state index in [0.29, 0.717) is 36.3 Å². The fourth-order valence-corrected chi connectivity index (χ4v) is 3.87. The minimum absolute atomic E-state index is 0. The Kier molecular flexibility index (Phi) is 8.19. The third-order valence-corrected chi connectivity index (χ3v) is 5.44. The van der Waals surface area contributed by atoms with Crippen molar-refractivity contribution in [3.8, 4) is 0 Å². The molecule has 0 radical (unpaired) electrons. The van der Waals surface area contributed by atoms with Gasteiger partial charge >= 0.3 is 0 Å². The average Bonchev–Trinajstić information content (AvgIpc) is 2.69. The maximum Gasteiger partial charge on any atom is 0.274 e. The number of aryl methyl sites for hydroxylation is 1. The van der Waals surface area contributed by atoms with Gasteiger partial charge in [0.25, 0.3) is 5.56 Å². The molecule has 0 aliphatic rings. The lowest BCUT2D eigenvalue weighted by Crippen LogP contribution is -2.32. The molecule has 1 unspecified atom stereocenters. The third-order valence-electron chi connectivity index (χ3n) is 4.83. The highest BCUT2D eigenvalue weighted by Gasteiger charge is 2.13. The summed E-state index contributed by atoms with van der Waals surface area (Å²) in [4.78, 5) is 14.6. The van der Waals surface area contributed by atoms with Gasteiger partial charge in [-0.15, -0.1) is 12.4 Å². The van der Waals surface area contributed by atoms with Crippen molar-refractivity contribution in [1.82, 2.24) is 14.7 Å². The zero-order chi connectivity index (χ0) is 21.9. The van der Waals surface area contributed by atoms with E-state index in [1.807, 2.05) is 37.1 Å². The average molecular weight is 467 g/mol. The molecule has 0 fully saturated rings. The van der Waals surface area contributed by atoms with Crippen LogP contribution >= 0.6 is 12.4 Å². The van der Waals surface area contributed by atoms with Gasteiger partial charge in [0, 0.05) is 24.2 Å². The second kappa shape index (κ2) is 10.2. The molecule has 2 N–H and O–H groups in total. The highest BCUT2D eigenvalue weighted by atomic mass is 35.5. The van der Waals surface area contributed by atoms with E-state index in [9.17, 15) is 18.3 Å². The summed E-state index contributed by atoms with van der Waals surface area (Å²) in [6.45, 7) is 3.19. The van der Waals surface area contributed by atoms with Crippen molar-refractivity contribution in [1.29, 1.82) is 0 Å². The van der Waals surface area contributed by atoms with Gasteiger partial charge in [-0.05, 0) is 37.7 Å². The maximum absolute atomic E-state index is 12.7. The van der Waals surface area contributed by atoms with Crippen LogP contribution in [0.25, 0.3) is 10.8 Å². The van der Waals surface area contributed by atoms with Crippen molar-refractivity contribution in [3.63, 3.8) is 0 Å². The van der Waals surface area contributed by atoms with E-state index in [4.69, 9.17) is 0 Å². The van der Waals surface area contributed by atoms with Crippen LogP contribution in [-0.2, 0) is 16.6 Å². The molecule has 31 heavy (non-hydrogen) atoms. The lowest BCUT2D eigenvalue weighted by molar-refractivity contribution is 0.124. The van der Waals surface area contributed by atoms with Crippen LogP contribution in [0.3, 0.4) is 0 Å². The number of hydrogen-bond acceptors (Lipinski definition) is 6. The molecule has 0 saturated heterocycles. The number of sulfonamides is 1. The molecule has 10 heteroatoms. The summed E-state index contributed by atoms with van der Waals surface area (Å²) in [6.07, 6.45) is 0.340. The lowest BCUT2D eigenvalue weighted by atomic mass is 10.1. The van der Waals surface area contributed by atoms with Crippen LogP contribution in [0, 0.1) is 6.92 Å². The molecular weight excluding hydrogens is 440 g/mol. The summed E-state index contributed by atoms with van der Waals surface area (Å²) >= 11 is 0. The van der Waals surface area contributed by atoms with Gasteiger partial charge in [0.2, 0.25) is 10.0 Å². The van der Waals surface area contributed by atoms with E-state index in [0.717, 1.165) is 17.3 Å². The first-order chi connectivity index (χ1) is 14.1. The first kappa shape index (κ1) is 24.8. The maximum atomic E-state index is 12.7. The van der Waals surface area contributed by atoms with E-state index < -0.39 is 16.1 Å². The van der Waals surface area contributed by atoms with E-state index in [2.05, 4.69) is 9.82 Å². The van der Waals surface area contributed by atoms with Gasteiger partial charge < -0.3 is 10.0 Å². The second-order valence-corrected chi connectivity index (χ2v) is 9.18. The Morgan fingerprint density at radius 3 is 2.35 bits per heavy atom. The van der Waals surface area contributed by atoms with Crippen LogP contribution in [-0.4, -0.2) is 54.6 Å². The number of aromatic nitrogens is 2. The van der Waals surface area contributed by atoms with E-state index in [1.54, 1.807) is 30.3 Å². The number of anilines is 1. The summed E-state index contributed by atoms with van der Waals surface area (Å²) < 4.78 is 26.4. The minimum Gasteiger partial charge on any atom is -0.387 e. The molecule has 8 nitrogen and oxygen atoms in total. The zero-order valence-electron chi connectivity index (χ0n) is 17.6. The summed E-state index contributed by atoms with van der Waals surface area (Å²) in [7, 11) is -1.48. The number of aliphatic hydroxyl groups is 1. The number of fused-ring (bicyclic) bond motifs is 1. The molecule has 168 valence electrons. The predicted octanol–water partition coefficient (Wildman–Crippen LogP) is 2.16. The number of rotatable bonds is 8. The van der Waals surface area contributed by atoms with Crippen LogP contribution in [0.5, 0.6) is 0 Å². The number of halogens is 1. The zero-order valence-corrected chi connectivity index (χ0v) is 19.3. The van der Waals surface area contributed by atoms with Gasteiger partial charge in [0.1, 0.15) is 0 Å². The Hall–Kier alpha value is -2.46. The summed E-state index contributed by atoms with van der Waals surface area (Å²) in [5.41, 5.74) is 1.80. The standard InChI is InChI=1S/C21H26N4O4S.ClH/c1-15-18-6-4-5-7-19(18)21(27)25(22-15)13-12-24(2)14-20(26)16-8-10-17(11-9-16)23-30(3,28)29;/h4-11,20,23,26H,12-14H2,1-3H3;1H. The molecule has 0 saturated carbocycles. The summed E-state index contributed by atoms with van der Waals surface area (Å²) in [5.74, 6) is 0. The summed E-state index contributed by atoms with van der Waals surface area (Å²) in [6, 6.07) is 14.0. The monoisotopic (exact) mass is 466 g/mol. The SMILES string of the molecule is Cc1nn(CCN(C)CC(O)c2ccc(NS(C)(=O)=O)cc2)c(=O)c2ccccc12.Cl. The molecule has 2 aromatic carbocycles. The molecule has 1 atom stereocenters. The number of hydrogen-bond donors (Lipinski definition) is 2. The second-order valence-electron chi connectivity index (χ2n) is 7.43. The number of aliphatic hydroxyl groups excluding tert-OH is 1. The molecule has 1 aromatic heterocycles. The van der Waals surface area contributed by atoms with Gasteiger partial charge in [-0.25, -0.2) is 13.1 Å². The van der Waals surface area contributed by atoms with E-state index >= 15 is 0 Å². The van der Waals surface area contributed by atoms with E-state index in [1.165, 1.54) is 4.68 Å². The molecule has 0 bridgehead atoms. The van der Waals surface area contributed by atoms with Crippen molar-refractivity contribution >= 4 is 38.9 Å². The van der Waals surface area contributed by atoms with Crippen LogP contribution in [0.1, 0.15) is 17.4 Å². The van der Waals surface area contributed by atoms with E-state index in [-0.39, 0.29) is 18.0 Å². The molecule has 3 rings (SSSR count). The Labute approximate surface area is 188 Å². The van der Waals surface area contributed by atoms with Gasteiger partial charge in [-0.3, -0.25) is 9.52 Å². The highest BCUT2D eigenvalue weighted by molar-refractivity contribution is 7.92. The minimum atomic E-state index is -3.34. The van der Waals surface area contributed by atoms with Gasteiger partial charge in [0.05, 0.1) is 30.0 Å². The topological polar surface area (TPSA) is 105 Å². The molecule has 0 amide bonds. The third kappa shape index (κ3) is 6.51. The number of nitrogens with one attached hydrogen (secondary N) is 1. The lowest BCUT2D eigenvalue weighted by Gasteiger charge is -2.21. The molecule has 0 aliphatic carbocycles. The smallest absolute Gasteiger partial charge is 0.274 e. The Morgan fingerprint density at radius 1 is 1.13 bits per heavy atom. The Balaban J connectivity index is 0.00000341. The summed E-state index contributed by atoms with van der Waals surface area (Å²) in [5, 5.41) is 16.4. The highest BCUT2D eigenvalue weighted by Crippen LogP contribution is 2.18. The Bertz CT molecular complexity index is 1200. The Morgan fingerprint density at radius 2 is 1.74 bits per heavy atom.